The molecule has 0 saturated carbocycles. The minimum absolute atomic E-state index is 0.0576. The van der Waals surface area contributed by atoms with Crippen LogP contribution in [-0.4, -0.2) is 33.6 Å². The van der Waals surface area contributed by atoms with Crippen molar-refractivity contribution in [2.75, 3.05) is 17.9 Å². The van der Waals surface area contributed by atoms with Crippen LogP contribution in [0.5, 0.6) is 0 Å². The van der Waals surface area contributed by atoms with Gasteiger partial charge >= 0.3 is 0 Å². The Balaban J connectivity index is 1.63. The summed E-state index contributed by atoms with van der Waals surface area (Å²) in [5.74, 6) is -0.255. The van der Waals surface area contributed by atoms with Crippen molar-refractivity contribution in [3.63, 3.8) is 0 Å². The molecular formula is C18H19ClN2O4S. The molecule has 1 aliphatic rings. The molecule has 26 heavy (non-hydrogen) atoms. The average molecular weight is 395 g/mol. The maximum absolute atomic E-state index is 12.4. The van der Waals surface area contributed by atoms with Crippen molar-refractivity contribution in [1.82, 2.24) is 5.32 Å². The molecule has 1 saturated heterocycles. The Morgan fingerprint density at radius 2 is 1.81 bits per heavy atom. The standard InChI is InChI=1S/C18H19ClN2O4S/c19-14-5-7-15(8-6-14)21-26(23,24)17-9-3-13(4-10-17)18(22)20-12-16-2-1-11-25-16/h3-10,16,21H,1-2,11-12H2,(H,20,22)/t16-/m0/s1. The fraction of sp³-hybridized carbons (Fsp3) is 0.278. The lowest BCUT2D eigenvalue weighted by Crippen LogP contribution is -2.31. The number of ether oxygens (including phenoxy) is 1. The van der Waals surface area contributed by atoms with E-state index in [1.54, 1.807) is 24.3 Å². The molecule has 3 rings (SSSR count). The summed E-state index contributed by atoms with van der Waals surface area (Å²) in [6, 6.07) is 12.1. The third-order valence-electron chi connectivity index (χ3n) is 4.04. The molecular weight excluding hydrogens is 376 g/mol. The zero-order chi connectivity index (χ0) is 18.6. The van der Waals surface area contributed by atoms with E-state index in [2.05, 4.69) is 10.0 Å². The van der Waals surface area contributed by atoms with Crippen LogP contribution in [0, 0.1) is 0 Å². The van der Waals surface area contributed by atoms with Gasteiger partial charge in [-0.1, -0.05) is 11.6 Å². The number of halogens is 1. The van der Waals surface area contributed by atoms with E-state index in [0.717, 1.165) is 19.4 Å². The molecule has 138 valence electrons. The Morgan fingerprint density at radius 3 is 2.42 bits per heavy atom. The minimum atomic E-state index is -3.74. The summed E-state index contributed by atoms with van der Waals surface area (Å²) >= 11 is 5.79. The van der Waals surface area contributed by atoms with Crippen LogP contribution in [0.4, 0.5) is 5.69 Å². The number of amides is 1. The van der Waals surface area contributed by atoms with E-state index in [1.807, 2.05) is 0 Å². The van der Waals surface area contributed by atoms with Crippen molar-refractivity contribution < 1.29 is 17.9 Å². The molecule has 1 fully saturated rings. The predicted molar refractivity (Wildman–Crippen MR) is 100 cm³/mol. The van der Waals surface area contributed by atoms with Gasteiger partial charge in [0.2, 0.25) is 0 Å². The van der Waals surface area contributed by atoms with Crippen molar-refractivity contribution in [2.45, 2.75) is 23.8 Å². The third kappa shape index (κ3) is 4.75. The monoisotopic (exact) mass is 394 g/mol. The summed E-state index contributed by atoms with van der Waals surface area (Å²) in [5.41, 5.74) is 0.807. The molecule has 1 amide bonds. The predicted octanol–water partition coefficient (Wildman–Crippen LogP) is 3.05. The second-order valence-electron chi connectivity index (χ2n) is 5.98. The fourth-order valence-corrected chi connectivity index (χ4v) is 3.82. The van der Waals surface area contributed by atoms with Gasteiger partial charge in [0.1, 0.15) is 0 Å². The topological polar surface area (TPSA) is 84.5 Å². The number of hydrogen-bond donors (Lipinski definition) is 2. The smallest absolute Gasteiger partial charge is 0.261 e. The van der Waals surface area contributed by atoms with E-state index in [-0.39, 0.29) is 16.9 Å². The molecule has 1 heterocycles. The summed E-state index contributed by atoms with van der Waals surface area (Å²) in [6.07, 6.45) is 2.00. The molecule has 0 spiro atoms. The van der Waals surface area contributed by atoms with Gasteiger partial charge in [-0.3, -0.25) is 9.52 Å². The first kappa shape index (κ1) is 18.7. The van der Waals surface area contributed by atoms with E-state index in [0.29, 0.717) is 22.8 Å². The highest BCUT2D eigenvalue weighted by molar-refractivity contribution is 7.92. The Kier molecular flexibility index (Phi) is 5.80. The Labute approximate surface area is 157 Å². The Morgan fingerprint density at radius 1 is 1.12 bits per heavy atom. The number of hydrogen-bond acceptors (Lipinski definition) is 4. The minimum Gasteiger partial charge on any atom is -0.376 e. The largest absolute Gasteiger partial charge is 0.376 e. The molecule has 1 aliphatic heterocycles. The molecule has 6 nitrogen and oxygen atoms in total. The van der Waals surface area contributed by atoms with Crippen molar-refractivity contribution >= 4 is 33.2 Å². The number of rotatable bonds is 6. The van der Waals surface area contributed by atoms with E-state index < -0.39 is 10.0 Å². The van der Waals surface area contributed by atoms with Crippen molar-refractivity contribution in [3.8, 4) is 0 Å². The van der Waals surface area contributed by atoms with Crippen LogP contribution in [0.1, 0.15) is 23.2 Å². The summed E-state index contributed by atoms with van der Waals surface area (Å²) < 4.78 is 32.7. The van der Waals surface area contributed by atoms with E-state index in [9.17, 15) is 13.2 Å². The molecule has 0 radical (unpaired) electrons. The highest BCUT2D eigenvalue weighted by Gasteiger charge is 2.18. The van der Waals surface area contributed by atoms with E-state index in [1.165, 1.54) is 24.3 Å². The first-order chi connectivity index (χ1) is 12.4. The van der Waals surface area contributed by atoms with Crippen molar-refractivity contribution in [3.05, 3.63) is 59.1 Å². The highest BCUT2D eigenvalue weighted by Crippen LogP contribution is 2.19. The lowest BCUT2D eigenvalue weighted by molar-refractivity contribution is 0.0857. The van der Waals surface area contributed by atoms with Gasteiger partial charge < -0.3 is 10.1 Å². The van der Waals surface area contributed by atoms with Gasteiger partial charge in [0, 0.05) is 29.4 Å². The van der Waals surface area contributed by atoms with Crippen LogP contribution in [0.15, 0.2) is 53.4 Å². The zero-order valence-electron chi connectivity index (χ0n) is 13.9. The number of carbonyl (C=O) groups excluding carboxylic acids is 1. The molecule has 2 aromatic rings. The molecule has 0 bridgehead atoms. The SMILES string of the molecule is O=C(NC[C@@H]1CCCO1)c1ccc(S(=O)(=O)Nc2ccc(Cl)cc2)cc1. The highest BCUT2D eigenvalue weighted by atomic mass is 35.5. The second-order valence-corrected chi connectivity index (χ2v) is 8.10. The molecule has 2 aromatic carbocycles. The zero-order valence-corrected chi connectivity index (χ0v) is 15.5. The van der Waals surface area contributed by atoms with Crippen LogP contribution in [0.25, 0.3) is 0 Å². The van der Waals surface area contributed by atoms with Gasteiger partial charge in [-0.15, -0.1) is 0 Å². The first-order valence-electron chi connectivity index (χ1n) is 8.22. The molecule has 1 atom stereocenters. The summed E-state index contributed by atoms with van der Waals surface area (Å²) in [4.78, 5) is 12.2. The molecule has 2 N–H and O–H groups in total. The van der Waals surface area contributed by atoms with Gasteiger partial charge in [-0.25, -0.2) is 8.42 Å². The maximum Gasteiger partial charge on any atom is 0.261 e. The number of nitrogens with one attached hydrogen (secondary N) is 2. The molecule has 0 aliphatic carbocycles. The number of sulfonamides is 1. The third-order valence-corrected chi connectivity index (χ3v) is 5.69. The Bertz CT molecular complexity index is 861. The Hall–Kier alpha value is -2.09. The van der Waals surface area contributed by atoms with Crippen LogP contribution < -0.4 is 10.0 Å². The fourth-order valence-electron chi connectivity index (χ4n) is 2.63. The van der Waals surface area contributed by atoms with Crippen LogP contribution in [-0.2, 0) is 14.8 Å². The van der Waals surface area contributed by atoms with Crippen molar-refractivity contribution in [1.29, 1.82) is 0 Å². The van der Waals surface area contributed by atoms with Gasteiger partial charge in [0.15, 0.2) is 0 Å². The number of anilines is 1. The van der Waals surface area contributed by atoms with Gasteiger partial charge in [0.25, 0.3) is 15.9 Å². The van der Waals surface area contributed by atoms with Crippen LogP contribution in [0.2, 0.25) is 5.02 Å². The normalized spacial score (nSPS) is 17.0. The van der Waals surface area contributed by atoms with Crippen molar-refractivity contribution in [2.24, 2.45) is 0 Å². The number of carbonyl (C=O) groups is 1. The lowest BCUT2D eigenvalue weighted by Gasteiger charge is -2.11. The second kappa shape index (κ2) is 8.07. The van der Waals surface area contributed by atoms with E-state index in [4.69, 9.17) is 16.3 Å². The number of benzene rings is 2. The van der Waals surface area contributed by atoms with Crippen LogP contribution in [0.3, 0.4) is 0 Å². The molecule has 0 unspecified atom stereocenters. The summed E-state index contributed by atoms with van der Waals surface area (Å²) in [7, 11) is -3.74. The maximum atomic E-state index is 12.4. The summed E-state index contributed by atoms with van der Waals surface area (Å²) in [5, 5.41) is 3.32. The van der Waals surface area contributed by atoms with Gasteiger partial charge in [-0.05, 0) is 61.4 Å². The summed E-state index contributed by atoms with van der Waals surface area (Å²) in [6.45, 7) is 1.19. The molecule has 8 heteroatoms. The van der Waals surface area contributed by atoms with Gasteiger partial charge in [-0.2, -0.15) is 0 Å². The van der Waals surface area contributed by atoms with Gasteiger partial charge in [0.05, 0.1) is 11.0 Å². The lowest BCUT2D eigenvalue weighted by atomic mass is 10.2. The van der Waals surface area contributed by atoms with E-state index >= 15 is 0 Å². The quantitative estimate of drug-likeness (QED) is 0.788. The average Bonchev–Trinajstić information content (AvgIpc) is 3.15. The first-order valence-corrected chi connectivity index (χ1v) is 10.1. The van der Waals surface area contributed by atoms with Crippen LogP contribution >= 0.6 is 11.6 Å². The molecule has 0 aromatic heterocycles.